The summed E-state index contributed by atoms with van der Waals surface area (Å²) >= 11 is 0. The van der Waals surface area contributed by atoms with Crippen LogP contribution in [0.3, 0.4) is 0 Å². The molecule has 0 spiro atoms. The molecule has 0 saturated heterocycles. The highest BCUT2D eigenvalue weighted by atomic mass is 16.5. The number of nitrogens with two attached hydrogens (primary N) is 1. The number of methoxy groups -OCH3 is 1. The van der Waals surface area contributed by atoms with Gasteiger partial charge in [0, 0.05) is 32.5 Å². The summed E-state index contributed by atoms with van der Waals surface area (Å²) in [5.74, 6) is 0.0525. The molecule has 1 aromatic rings. The van der Waals surface area contributed by atoms with Crippen molar-refractivity contribution < 1.29 is 4.74 Å². The smallest absolute Gasteiger partial charge is 0.125 e. The lowest BCUT2D eigenvalue weighted by molar-refractivity contribution is 0.206. The molecule has 5 heteroatoms. The molecule has 0 aliphatic heterocycles. The highest BCUT2D eigenvalue weighted by Crippen LogP contribution is 2.16. The van der Waals surface area contributed by atoms with Gasteiger partial charge in [-0.05, 0) is 6.07 Å². The number of aromatic nitrogens is 1. The normalized spacial score (nSPS) is 10.0. The number of hydrogen-bond donors (Lipinski definition) is 2. The Morgan fingerprint density at radius 1 is 1.67 bits per heavy atom. The van der Waals surface area contributed by atoms with Crippen molar-refractivity contribution in [3.05, 3.63) is 24.0 Å². The minimum atomic E-state index is 0.0525. The van der Waals surface area contributed by atoms with Crippen LogP contribution in [0.1, 0.15) is 5.56 Å². The quantitative estimate of drug-likeness (QED) is 0.544. The van der Waals surface area contributed by atoms with Crippen LogP contribution in [0.4, 0.5) is 5.69 Å². The molecule has 0 fully saturated rings. The van der Waals surface area contributed by atoms with Crippen LogP contribution < -0.4 is 10.6 Å². The zero-order chi connectivity index (χ0) is 11.3. The number of anilines is 1. The van der Waals surface area contributed by atoms with E-state index in [1.807, 2.05) is 11.9 Å². The third-order valence-electron chi connectivity index (χ3n) is 2.13. The lowest BCUT2D eigenvalue weighted by atomic mass is 10.2. The number of nitrogen functional groups attached to an aromatic ring is 1. The highest BCUT2D eigenvalue weighted by Gasteiger charge is 2.08. The third-order valence-corrected chi connectivity index (χ3v) is 2.13. The van der Waals surface area contributed by atoms with E-state index in [2.05, 4.69) is 4.98 Å². The Labute approximate surface area is 89.4 Å². The Kier molecular flexibility index (Phi) is 4.05. The van der Waals surface area contributed by atoms with Crippen LogP contribution >= 0.6 is 0 Å². The van der Waals surface area contributed by atoms with Crippen molar-refractivity contribution in [2.24, 2.45) is 5.73 Å². The fraction of sp³-hybridized carbons (Fsp3) is 0.400. The van der Waals surface area contributed by atoms with Crippen LogP contribution in [-0.4, -0.2) is 38.1 Å². The van der Waals surface area contributed by atoms with Gasteiger partial charge < -0.3 is 15.4 Å². The van der Waals surface area contributed by atoms with Crippen molar-refractivity contribution in [3.63, 3.8) is 0 Å². The molecule has 5 nitrogen and oxygen atoms in total. The van der Waals surface area contributed by atoms with Crippen LogP contribution in [-0.2, 0) is 4.74 Å². The molecular weight excluding hydrogens is 192 g/mol. The van der Waals surface area contributed by atoms with Crippen molar-refractivity contribution in [3.8, 4) is 0 Å². The molecule has 0 aliphatic carbocycles. The fourth-order valence-electron chi connectivity index (χ4n) is 1.27. The maximum Gasteiger partial charge on any atom is 0.125 e. The van der Waals surface area contributed by atoms with Crippen molar-refractivity contribution in [2.45, 2.75) is 0 Å². The van der Waals surface area contributed by atoms with E-state index < -0.39 is 0 Å². The van der Waals surface area contributed by atoms with Gasteiger partial charge in [0.1, 0.15) is 5.84 Å². The second kappa shape index (κ2) is 5.31. The summed E-state index contributed by atoms with van der Waals surface area (Å²) < 4.78 is 4.99. The maximum atomic E-state index is 7.44. The van der Waals surface area contributed by atoms with Crippen LogP contribution in [0.2, 0.25) is 0 Å². The topological polar surface area (TPSA) is 75.2 Å². The molecule has 0 bridgehead atoms. The van der Waals surface area contributed by atoms with Gasteiger partial charge in [-0.2, -0.15) is 0 Å². The Bertz CT molecular complexity index is 340. The Morgan fingerprint density at radius 3 is 3.00 bits per heavy atom. The number of nitrogens with one attached hydrogen (secondary N) is 1. The zero-order valence-electron chi connectivity index (χ0n) is 9.03. The van der Waals surface area contributed by atoms with Crippen LogP contribution in [0.25, 0.3) is 0 Å². The molecule has 1 aromatic heterocycles. The monoisotopic (exact) mass is 208 g/mol. The lowest BCUT2D eigenvalue weighted by Crippen LogP contribution is -2.25. The molecule has 1 heterocycles. The largest absolute Gasteiger partial charge is 0.384 e. The summed E-state index contributed by atoms with van der Waals surface area (Å²) in [5.41, 5.74) is 7.03. The second-order valence-electron chi connectivity index (χ2n) is 3.22. The van der Waals surface area contributed by atoms with Crippen molar-refractivity contribution in [1.82, 2.24) is 4.98 Å². The lowest BCUT2D eigenvalue weighted by Gasteiger charge is -2.20. The van der Waals surface area contributed by atoms with E-state index in [0.29, 0.717) is 12.2 Å². The van der Waals surface area contributed by atoms with Crippen molar-refractivity contribution in [1.29, 1.82) is 5.41 Å². The summed E-state index contributed by atoms with van der Waals surface area (Å²) in [6.45, 7) is 1.37. The van der Waals surface area contributed by atoms with Gasteiger partial charge in [0.05, 0.1) is 18.5 Å². The number of rotatable bonds is 5. The molecule has 0 unspecified atom stereocenters. The fourth-order valence-corrected chi connectivity index (χ4v) is 1.27. The average molecular weight is 208 g/mol. The molecule has 0 aliphatic rings. The number of nitrogens with zero attached hydrogens (tertiary/aromatic N) is 2. The van der Waals surface area contributed by atoms with Crippen molar-refractivity contribution in [2.75, 3.05) is 32.2 Å². The van der Waals surface area contributed by atoms with E-state index in [1.54, 1.807) is 25.6 Å². The molecule has 15 heavy (non-hydrogen) atoms. The molecule has 0 atom stereocenters. The maximum absolute atomic E-state index is 7.44. The van der Waals surface area contributed by atoms with Gasteiger partial charge in [-0.3, -0.25) is 10.4 Å². The van der Waals surface area contributed by atoms with Crippen LogP contribution in [0.15, 0.2) is 18.5 Å². The highest BCUT2D eigenvalue weighted by molar-refractivity contribution is 6.00. The first kappa shape index (κ1) is 11.5. The third kappa shape index (κ3) is 2.92. The van der Waals surface area contributed by atoms with Crippen LogP contribution in [0.5, 0.6) is 0 Å². The molecular formula is C10H16N4O. The summed E-state index contributed by atoms with van der Waals surface area (Å²) in [7, 11) is 3.57. The molecule has 0 amide bonds. The molecule has 0 aromatic carbocycles. The summed E-state index contributed by atoms with van der Waals surface area (Å²) in [4.78, 5) is 5.99. The second-order valence-corrected chi connectivity index (χ2v) is 3.22. The van der Waals surface area contributed by atoms with E-state index in [-0.39, 0.29) is 5.84 Å². The predicted octanol–water partition coefficient (Wildman–Crippen LogP) is 0.448. The molecule has 3 N–H and O–H groups in total. The summed E-state index contributed by atoms with van der Waals surface area (Å²) in [6, 6.07) is 1.74. The number of pyridine rings is 1. The first-order valence-corrected chi connectivity index (χ1v) is 4.65. The first-order valence-electron chi connectivity index (χ1n) is 4.65. The minimum absolute atomic E-state index is 0.0525. The van der Waals surface area contributed by atoms with Gasteiger partial charge in [0.25, 0.3) is 0 Å². The van der Waals surface area contributed by atoms with Gasteiger partial charge >= 0.3 is 0 Å². The molecule has 0 saturated carbocycles. The van der Waals surface area contributed by atoms with Gasteiger partial charge in [0.15, 0.2) is 0 Å². The Balaban J connectivity index is 2.87. The van der Waals surface area contributed by atoms with Gasteiger partial charge in [0.2, 0.25) is 0 Å². The molecule has 1 rings (SSSR count). The molecule has 82 valence electrons. The first-order chi connectivity index (χ1) is 7.16. The Hall–Kier alpha value is -1.62. The van der Waals surface area contributed by atoms with Gasteiger partial charge in [-0.1, -0.05) is 0 Å². The summed E-state index contributed by atoms with van der Waals surface area (Å²) in [5, 5.41) is 7.44. The summed E-state index contributed by atoms with van der Waals surface area (Å²) in [6.07, 6.45) is 3.33. The van der Waals surface area contributed by atoms with Gasteiger partial charge in [-0.25, -0.2) is 0 Å². The Morgan fingerprint density at radius 2 is 2.40 bits per heavy atom. The number of likely N-dealkylation sites (N-methyl/N-ethyl adjacent to an activating group) is 1. The predicted molar refractivity (Wildman–Crippen MR) is 60.4 cm³/mol. The standard InChI is InChI=1S/C10H16N4O/c1-14(5-6-15-2)9-7-13-4-3-8(9)10(11)12/h3-4,7H,5-6H2,1-2H3,(H3,11,12). The van der Waals surface area contributed by atoms with Crippen LogP contribution in [0, 0.1) is 5.41 Å². The average Bonchev–Trinajstić information content (AvgIpc) is 2.25. The zero-order valence-corrected chi connectivity index (χ0v) is 9.03. The van der Waals surface area contributed by atoms with E-state index >= 15 is 0 Å². The van der Waals surface area contributed by atoms with Gasteiger partial charge in [-0.15, -0.1) is 0 Å². The van der Waals surface area contributed by atoms with E-state index in [9.17, 15) is 0 Å². The van der Waals surface area contributed by atoms with E-state index in [4.69, 9.17) is 15.9 Å². The molecule has 0 radical (unpaired) electrons. The van der Waals surface area contributed by atoms with E-state index in [0.717, 1.165) is 12.2 Å². The van der Waals surface area contributed by atoms with Crippen molar-refractivity contribution >= 4 is 11.5 Å². The minimum Gasteiger partial charge on any atom is -0.384 e. The number of amidine groups is 1. The number of ether oxygens (including phenoxy) is 1. The number of hydrogen-bond acceptors (Lipinski definition) is 4. The SMILES string of the molecule is COCCN(C)c1cnccc1C(=N)N. The van der Waals surface area contributed by atoms with E-state index in [1.165, 1.54) is 0 Å².